The first-order valence-electron chi connectivity index (χ1n) is 29.1. The number of nitrogen functional groups attached to an aromatic ring is 1. The average Bonchev–Trinajstić information content (AvgIpc) is 0.950. The first-order valence-corrected chi connectivity index (χ1v) is 29.1. The van der Waals surface area contributed by atoms with Gasteiger partial charge in [0.2, 0.25) is 52.7 Å². The van der Waals surface area contributed by atoms with Crippen LogP contribution in [0.1, 0.15) is 113 Å². The number of aromatic nitrogens is 1. The number of nitrogens with one attached hydrogen (secondary N) is 6. The molecule has 10 N–H and O–H groups in total. The number of ether oxygens (including phenoxy) is 2. The van der Waals surface area contributed by atoms with Crippen LogP contribution in [-0.4, -0.2) is 219 Å². The average molecular weight is 1230 g/mol. The highest BCUT2D eigenvalue weighted by Gasteiger charge is 2.46. The van der Waals surface area contributed by atoms with E-state index in [4.69, 9.17) is 24.6 Å². The fraction of sp³-hybridized carbons (Fsp3) is 0.586. The van der Waals surface area contributed by atoms with Gasteiger partial charge in [0.05, 0.1) is 42.1 Å². The number of rotatable bonds is 8. The van der Waals surface area contributed by atoms with E-state index in [1.807, 2.05) is 0 Å². The first kappa shape index (κ1) is 66.7. The number of aliphatic hydroxyl groups excluding tert-OH is 2. The lowest BCUT2D eigenvalue weighted by atomic mass is 9.98. The number of fused-ring (bicyclic) bond motifs is 4. The van der Waals surface area contributed by atoms with Crippen LogP contribution < -0.4 is 43.1 Å². The number of amides is 10. The molecule has 88 heavy (non-hydrogen) atoms. The van der Waals surface area contributed by atoms with Crippen LogP contribution in [0.15, 0.2) is 21.3 Å². The van der Waals surface area contributed by atoms with Gasteiger partial charge in [-0.1, -0.05) is 33.8 Å². The summed E-state index contributed by atoms with van der Waals surface area (Å²) in [6.07, 6.45) is -5.28. The first-order chi connectivity index (χ1) is 41.2. The minimum Gasteiger partial charge on any atom is -0.458 e. The van der Waals surface area contributed by atoms with Crippen molar-refractivity contribution >= 4 is 87.8 Å². The Morgan fingerprint density at radius 2 is 1.07 bits per heavy atom. The molecule has 12 atom stereocenters. The molecule has 1 aromatic rings. The van der Waals surface area contributed by atoms with Crippen molar-refractivity contribution in [3.63, 3.8) is 0 Å². The van der Waals surface area contributed by atoms with Crippen LogP contribution in [0.25, 0.3) is 22.6 Å². The topological polar surface area (TPSA) is 418 Å². The molecule has 0 saturated carbocycles. The number of likely N-dealkylation sites (N-methyl/N-ethyl adjacent to an activating group) is 2. The minimum absolute atomic E-state index is 0.112. The van der Waals surface area contributed by atoms with Gasteiger partial charge in [-0.2, -0.15) is 0 Å². The molecule has 7 rings (SSSR count). The van der Waals surface area contributed by atoms with E-state index in [0.717, 1.165) is 9.80 Å². The van der Waals surface area contributed by atoms with E-state index in [2.05, 4.69) is 31.9 Å². The van der Waals surface area contributed by atoms with Gasteiger partial charge in [-0.25, -0.2) is 14.6 Å². The van der Waals surface area contributed by atoms with Crippen molar-refractivity contribution in [2.75, 3.05) is 46.0 Å². The molecule has 4 saturated heterocycles. The van der Waals surface area contributed by atoms with Gasteiger partial charge in [0.25, 0.3) is 11.8 Å². The minimum atomic E-state index is -1.98. The van der Waals surface area contributed by atoms with Gasteiger partial charge in [-0.3, -0.25) is 52.7 Å². The van der Waals surface area contributed by atoms with Crippen LogP contribution in [0.5, 0.6) is 0 Å². The van der Waals surface area contributed by atoms with E-state index >= 15 is 4.79 Å². The van der Waals surface area contributed by atoms with Gasteiger partial charge in [0, 0.05) is 32.7 Å². The molecule has 4 fully saturated rings. The molecule has 10 amide bonds. The van der Waals surface area contributed by atoms with E-state index in [-0.39, 0.29) is 53.9 Å². The predicted molar refractivity (Wildman–Crippen MR) is 310 cm³/mol. The highest BCUT2D eigenvalue weighted by molar-refractivity contribution is 6.10. The second-order valence-corrected chi connectivity index (χ2v) is 23.7. The SMILES string of the molecule is Cc1c2oc3c(C)ccc(C(=O)N[C@@H]4C(=O)N[C@H](C(C)C)C(=O)N5CCC[C@H]5C(=O)N(C)CC(=O)N[C@H]([C@H](C)O)C(=O)O[C@@H]4C)c3nc-2c(C(=O)N[C@@H]2C(=O)N[C@H](C(C)C)C(=O)N3CCC[C@H]3C(=O)N(C)CC(=O)N[C@H]([C@H](C)O)C(=O)O[C@@H]2C)c(N)c1=O. The van der Waals surface area contributed by atoms with E-state index < -0.39 is 191 Å². The third-order valence-electron chi connectivity index (χ3n) is 16.3. The Bertz CT molecular complexity index is 3350. The van der Waals surface area contributed by atoms with Gasteiger partial charge >= 0.3 is 11.9 Å². The zero-order valence-electron chi connectivity index (χ0n) is 51.1. The predicted octanol–water partition coefficient (Wildman–Crippen LogP) is -2.51. The quantitative estimate of drug-likeness (QED) is 0.0639. The number of nitrogens with zero attached hydrogens (tertiary/aromatic N) is 5. The third-order valence-corrected chi connectivity index (χ3v) is 16.3. The highest BCUT2D eigenvalue weighted by atomic mass is 16.6. The van der Waals surface area contributed by atoms with E-state index in [0.29, 0.717) is 18.4 Å². The number of anilines is 1. The molecule has 0 aromatic heterocycles. The Morgan fingerprint density at radius 3 is 1.49 bits per heavy atom. The summed E-state index contributed by atoms with van der Waals surface area (Å²) in [4.78, 5) is 194. The number of aliphatic hydroxyl groups is 2. The van der Waals surface area contributed by atoms with Crippen molar-refractivity contribution in [3.8, 4) is 11.5 Å². The summed E-state index contributed by atoms with van der Waals surface area (Å²) in [6.45, 7) is 13.2. The van der Waals surface area contributed by atoms with Crippen molar-refractivity contribution < 1.29 is 81.6 Å². The molecule has 30 nitrogen and oxygen atoms in total. The molecule has 0 unspecified atom stereocenters. The molecule has 5 heterocycles. The second kappa shape index (κ2) is 27.1. The number of aryl methyl sites for hydroxylation is 1. The van der Waals surface area contributed by atoms with Crippen molar-refractivity contribution in [2.24, 2.45) is 11.8 Å². The van der Waals surface area contributed by atoms with Crippen LogP contribution in [-0.2, 0) is 57.4 Å². The van der Waals surface area contributed by atoms with Crippen molar-refractivity contribution in [2.45, 2.75) is 168 Å². The van der Waals surface area contributed by atoms with Crippen molar-refractivity contribution in [3.05, 3.63) is 44.6 Å². The summed E-state index contributed by atoms with van der Waals surface area (Å²) in [5.41, 5.74) is 3.01. The molecular weight excluding hydrogens is 1150 g/mol. The monoisotopic (exact) mass is 1230 g/mol. The standard InChI is InChI=1S/C58H78N12O18/c1-23(2)38-55(82)69-19-13-15-32(69)53(80)67(11)21-34(73)60-40(27(7)71)57(84)86-29(9)42(51(78)63-38)65-49(76)31-18-17-25(5)47-44(31)62-45-36(37(59)46(75)26(6)48(45)88-47)50(77)66-43-30(10)87-58(85)41(28(8)72)61-35(74)22-68(12)54(81)33-16-14-20-70(33)56(83)39(24(3)4)64-52(43)79/h17-18,23-24,27-30,32-33,38-43,71-72H,13-16,19-22,59H2,1-12H3,(H,60,73)(H,61,74)(H,63,78)(H,64,79)(H,65,76)(H,66,77)/t27-,28-,29+,30+,32-,33-,38+,39+,40+,41+,42-,43-/m0/s1. The molecule has 0 spiro atoms. The Kier molecular flexibility index (Phi) is 20.5. The van der Waals surface area contributed by atoms with Gasteiger partial charge in [0.15, 0.2) is 23.4 Å². The molecule has 478 valence electrons. The van der Waals surface area contributed by atoms with Crippen molar-refractivity contribution in [1.82, 2.24) is 56.5 Å². The van der Waals surface area contributed by atoms with Gasteiger partial charge in [-0.15, -0.1) is 0 Å². The summed E-state index contributed by atoms with van der Waals surface area (Å²) in [5.74, 6) is -13.0. The largest absolute Gasteiger partial charge is 0.458 e. The maximum atomic E-state index is 15.0. The number of cyclic esters (lactones) is 2. The lowest BCUT2D eigenvalue weighted by Crippen LogP contribution is -2.61. The zero-order chi connectivity index (χ0) is 65.2. The van der Waals surface area contributed by atoms with Crippen molar-refractivity contribution in [1.29, 1.82) is 0 Å². The second-order valence-electron chi connectivity index (χ2n) is 23.7. The van der Waals surface area contributed by atoms with Gasteiger partial charge < -0.3 is 81.3 Å². The summed E-state index contributed by atoms with van der Waals surface area (Å²) in [7, 11) is 2.67. The number of esters is 2. The fourth-order valence-corrected chi connectivity index (χ4v) is 11.2. The number of benzene rings is 2. The zero-order valence-corrected chi connectivity index (χ0v) is 51.1. The number of hydrogen-bond acceptors (Lipinski definition) is 20. The summed E-state index contributed by atoms with van der Waals surface area (Å²) in [6, 6.07) is -9.42. The summed E-state index contributed by atoms with van der Waals surface area (Å²) >= 11 is 0. The Labute approximate surface area is 506 Å². The molecule has 30 heteroatoms. The molecule has 5 aliphatic heterocycles. The molecular formula is C58H78N12O18. The normalized spacial score (nSPS) is 26.9. The third kappa shape index (κ3) is 13.8. The Balaban J connectivity index is 1.31. The summed E-state index contributed by atoms with van der Waals surface area (Å²) < 4.78 is 17.7. The number of nitrogens with two attached hydrogens (primary N) is 1. The van der Waals surface area contributed by atoms with Gasteiger partial charge in [-0.05, 0) is 90.7 Å². The van der Waals surface area contributed by atoms with E-state index in [1.165, 1.54) is 70.6 Å². The van der Waals surface area contributed by atoms with Crippen LogP contribution in [0, 0.1) is 25.7 Å². The highest BCUT2D eigenvalue weighted by Crippen LogP contribution is 2.35. The lowest BCUT2D eigenvalue weighted by molar-refractivity contribution is -0.159. The Hall–Kier alpha value is -8.80. The molecule has 1 aromatic carbocycles. The smallest absolute Gasteiger partial charge is 0.331 e. The number of hydrogen-bond donors (Lipinski definition) is 9. The maximum Gasteiger partial charge on any atom is 0.331 e. The summed E-state index contributed by atoms with van der Waals surface area (Å²) in [5, 5.41) is 36.4. The molecule has 0 radical (unpaired) electrons. The fourth-order valence-electron chi connectivity index (χ4n) is 11.2. The molecule has 1 aliphatic carbocycles. The van der Waals surface area contributed by atoms with Crippen LogP contribution in [0.2, 0.25) is 0 Å². The van der Waals surface area contributed by atoms with Gasteiger partial charge in [0.1, 0.15) is 59.7 Å². The number of carbonyl (C=O) groups is 12. The number of carbonyl (C=O) groups excluding carboxylic acids is 12. The Morgan fingerprint density at radius 1 is 0.636 bits per heavy atom. The lowest BCUT2D eigenvalue weighted by Gasteiger charge is -2.34. The van der Waals surface area contributed by atoms with Crippen LogP contribution in [0.3, 0.4) is 0 Å². The molecule has 0 bridgehead atoms. The van der Waals surface area contributed by atoms with E-state index in [9.17, 15) is 67.7 Å². The van der Waals surface area contributed by atoms with Crippen LogP contribution in [0.4, 0.5) is 5.69 Å². The van der Waals surface area contributed by atoms with E-state index in [1.54, 1.807) is 34.6 Å². The molecule has 6 aliphatic rings. The maximum absolute atomic E-state index is 15.0. The van der Waals surface area contributed by atoms with Crippen LogP contribution >= 0.6 is 0 Å².